The van der Waals surface area contributed by atoms with Crippen molar-refractivity contribution in [3.63, 3.8) is 0 Å². The summed E-state index contributed by atoms with van der Waals surface area (Å²) in [5, 5.41) is 5.18. The number of aromatic nitrogens is 2. The molecule has 3 aromatic rings. The van der Waals surface area contributed by atoms with Crippen LogP contribution in [0.2, 0.25) is 0 Å². The summed E-state index contributed by atoms with van der Waals surface area (Å²) < 4.78 is 5.50. The van der Waals surface area contributed by atoms with Gasteiger partial charge in [-0.05, 0) is 42.8 Å². The highest BCUT2D eigenvalue weighted by Crippen LogP contribution is 2.23. The van der Waals surface area contributed by atoms with E-state index in [4.69, 9.17) is 10.5 Å². The third-order valence-electron chi connectivity index (χ3n) is 3.46. The number of pyridine rings is 1. The molecule has 3 rings (SSSR count). The van der Waals surface area contributed by atoms with Crippen molar-refractivity contribution in [2.45, 2.75) is 19.6 Å². The molecule has 3 N–H and O–H groups in total. The first-order chi connectivity index (χ1) is 12.2. The lowest BCUT2D eigenvalue weighted by Crippen LogP contribution is -2.25. The van der Waals surface area contributed by atoms with Crippen LogP contribution in [0.5, 0.6) is 5.75 Å². The van der Waals surface area contributed by atoms with Gasteiger partial charge in [-0.25, -0.2) is 4.98 Å². The number of nitrogens with two attached hydrogens (primary N) is 1. The number of rotatable bonds is 6. The van der Waals surface area contributed by atoms with Gasteiger partial charge in [0.05, 0.1) is 5.69 Å². The molecule has 1 amide bonds. The number of nitrogens with one attached hydrogen (secondary N) is 1. The van der Waals surface area contributed by atoms with E-state index in [0.717, 1.165) is 11.4 Å². The van der Waals surface area contributed by atoms with Gasteiger partial charge in [0.25, 0.3) is 5.91 Å². The first-order valence-electron chi connectivity index (χ1n) is 7.86. The van der Waals surface area contributed by atoms with Crippen LogP contribution in [0.4, 0.5) is 5.13 Å². The second-order valence-corrected chi connectivity index (χ2v) is 6.15. The van der Waals surface area contributed by atoms with Gasteiger partial charge < -0.3 is 4.74 Å². The van der Waals surface area contributed by atoms with Crippen molar-refractivity contribution in [3.8, 4) is 17.1 Å². The number of anilines is 1. The summed E-state index contributed by atoms with van der Waals surface area (Å²) in [6.07, 6.45) is 2.08. The van der Waals surface area contributed by atoms with Crippen molar-refractivity contribution in [1.82, 2.24) is 9.97 Å². The van der Waals surface area contributed by atoms with Gasteiger partial charge in [0, 0.05) is 17.1 Å². The van der Waals surface area contributed by atoms with Crippen LogP contribution in [0.1, 0.15) is 23.7 Å². The first kappa shape index (κ1) is 17.1. The summed E-state index contributed by atoms with van der Waals surface area (Å²) in [5.41, 5.74) is 7.77. The second kappa shape index (κ2) is 7.87. The molecule has 0 saturated heterocycles. The maximum atomic E-state index is 12.3. The lowest BCUT2D eigenvalue weighted by molar-refractivity contribution is 0.102. The Kier molecular flexibility index (Phi) is 5.37. The summed E-state index contributed by atoms with van der Waals surface area (Å²) in [6, 6.07) is 12.5. The van der Waals surface area contributed by atoms with E-state index in [-0.39, 0.29) is 12.1 Å². The predicted octanol–water partition coefficient (Wildman–Crippen LogP) is 3.53. The molecule has 0 saturated carbocycles. The van der Waals surface area contributed by atoms with Crippen molar-refractivity contribution in [1.29, 1.82) is 0 Å². The number of hydrogen-bond donors (Lipinski definition) is 2. The van der Waals surface area contributed by atoms with E-state index < -0.39 is 0 Å². The molecule has 0 spiro atoms. The lowest BCUT2D eigenvalue weighted by atomic mass is 10.2. The van der Waals surface area contributed by atoms with E-state index >= 15 is 0 Å². The largest absolute Gasteiger partial charge is 0.476 e. The highest BCUT2D eigenvalue weighted by molar-refractivity contribution is 7.14. The van der Waals surface area contributed by atoms with Crippen LogP contribution in [-0.4, -0.2) is 22.1 Å². The summed E-state index contributed by atoms with van der Waals surface area (Å²) in [4.78, 5) is 21.0. The second-order valence-electron chi connectivity index (χ2n) is 5.30. The van der Waals surface area contributed by atoms with Crippen LogP contribution in [0.15, 0.2) is 54.0 Å². The Morgan fingerprint density at radius 3 is 2.72 bits per heavy atom. The van der Waals surface area contributed by atoms with E-state index in [0.29, 0.717) is 22.9 Å². The number of ether oxygens (including phenoxy) is 1. The lowest BCUT2D eigenvalue weighted by Gasteiger charge is -2.12. The third-order valence-corrected chi connectivity index (χ3v) is 4.22. The van der Waals surface area contributed by atoms with Crippen molar-refractivity contribution < 1.29 is 9.53 Å². The molecule has 0 fully saturated rings. The Balaban J connectivity index is 1.65. The van der Waals surface area contributed by atoms with E-state index in [1.54, 1.807) is 30.5 Å². The van der Waals surface area contributed by atoms with Gasteiger partial charge in [-0.1, -0.05) is 13.0 Å². The maximum Gasteiger partial charge on any atom is 0.257 e. The number of hydrogen-bond acceptors (Lipinski definition) is 6. The molecule has 0 aliphatic carbocycles. The standard InChI is InChI=1S/C18H18N4O2S/c1-2-16(19)24-13-8-6-12(7-9-13)17(23)22-18-21-15(11-25-18)14-5-3-4-10-20-14/h3-11,16H,2,19H2,1H3,(H,21,22,23). The SMILES string of the molecule is CCC(N)Oc1ccc(C(=O)Nc2nc(-c3ccccn3)cs2)cc1. The highest BCUT2D eigenvalue weighted by atomic mass is 32.1. The van der Waals surface area contributed by atoms with E-state index in [1.807, 2.05) is 30.5 Å². The average Bonchev–Trinajstić information content (AvgIpc) is 3.11. The zero-order chi connectivity index (χ0) is 17.6. The van der Waals surface area contributed by atoms with Crippen molar-refractivity contribution in [2.24, 2.45) is 5.73 Å². The normalized spacial score (nSPS) is 11.8. The fourth-order valence-corrected chi connectivity index (χ4v) is 2.77. The van der Waals surface area contributed by atoms with Crippen LogP contribution in [0.3, 0.4) is 0 Å². The first-order valence-corrected chi connectivity index (χ1v) is 8.74. The molecule has 1 unspecified atom stereocenters. The van der Waals surface area contributed by atoms with Crippen molar-refractivity contribution in [2.75, 3.05) is 5.32 Å². The average molecular weight is 354 g/mol. The van der Waals surface area contributed by atoms with Crippen LogP contribution in [-0.2, 0) is 0 Å². The van der Waals surface area contributed by atoms with Gasteiger partial charge in [0.1, 0.15) is 17.7 Å². The van der Waals surface area contributed by atoms with Crippen LogP contribution in [0.25, 0.3) is 11.4 Å². The Labute approximate surface area is 149 Å². The topological polar surface area (TPSA) is 90.1 Å². The Morgan fingerprint density at radius 2 is 2.04 bits per heavy atom. The van der Waals surface area contributed by atoms with E-state index in [2.05, 4.69) is 15.3 Å². The zero-order valence-corrected chi connectivity index (χ0v) is 14.5. The Hall–Kier alpha value is -2.77. The number of nitrogens with zero attached hydrogens (tertiary/aromatic N) is 2. The number of carbonyl (C=O) groups is 1. The van der Waals surface area contributed by atoms with Crippen molar-refractivity contribution in [3.05, 3.63) is 59.6 Å². The van der Waals surface area contributed by atoms with Gasteiger partial charge in [0.2, 0.25) is 0 Å². The monoisotopic (exact) mass is 354 g/mol. The quantitative estimate of drug-likeness (QED) is 0.661. The molecule has 6 nitrogen and oxygen atoms in total. The van der Waals surface area contributed by atoms with Gasteiger partial charge >= 0.3 is 0 Å². The summed E-state index contributed by atoms with van der Waals surface area (Å²) >= 11 is 1.36. The number of benzene rings is 1. The molecule has 1 aromatic carbocycles. The maximum absolute atomic E-state index is 12.3. The van der Waals surface area contributed by atoms with E-state index in [1.165, 1.54) is 11.3 Å². The summed E-state index contributed by atoms with van der Waals surface area (Å²) in [5.74, 6) is 0.408. The van der Waals surface area contributed by atoms with Crippen molar-refractivity contribution >= 4 is 22.4 Å². The fraction of sp³-hybridized carbons (Fsp3) is 0.167. The minimum Gasteiger partial charge on any atom is -0.476 e. The van der Waals surface area contributed by atoms with Gasteiger partial charge in [-0.3, -0.25) is 20.8 Å². The molecule has 0 radical (unpaired) electrons. The van der Waals surface area contributed by atoms with Gasteiger partial charge in [-0.2, -0.15) is 0 Å². The van der Waals surface area contributed by atoms with Crippen LogP contribution < -0.4 is 15.8 Å². The number of thiazole rings is 1. The summed E-state index contributed by atoms with van der Waals surface area (Å²) in [6.45, 7) is 1.94. The third kappa shape index (κ3) is 4.40. The van der Waals surface area contributed by atoms with Crippen LogP contribution in [0, 0.1) is 0 Å². The highest BCUT2D eigenvalue weighted by Gasteiger charge is 2.11. The molecule has 0 bridgehead atoms. The molecule has 7 heteroatoms. The molecular weight excluding hydrogens is 336 g/mol. The summed E-state index contributed by atoms with van der Waals surface area (Å²) in [7, 11) is 0. The Bertz CT molecular complexity index is 834. The molecule has 2 aromatic heterocycles. The molecule has 128 valence electrons. The number of carbonyl (C=O) groups excluding carboxylic acids is 1. The fourth-order valence-electron chi connectivity index (χ4n) is 2.08. The smallest absolute Gasteiger partial charge is 0.257 e. The minimum atomic E-state index is -0.347. The molecular formula is C18H18N4O2S. The molecule has 1 atom stereocenters. The zero-order valence-electron chi connectivity index (χ0n) is 13.7. The molecule has 0 aliphatic rings. The molecule has 2 heterocycles. The van der Waals surface area contributed by atoms with Gasteiger partial charge in [-0.15, -0.1) is 11.3 Å². The van der Waals surface area contributed by atoms with Gasteiger partial charge in [0.15, 0.2) is 5.13 Å². The molecule has 0 aliphatic heterocycles. The molecule has 25 heavy (non-hydrogen) atoms. The minimum absolute atomic E-state index is 0.228. The van der Waals surface area contributed by atoms with E-state index in [9.17, 15) is 4.79 Å². The van der Waals surface area contributed by atoms with Crippen LogP contribution >= 0.6 is 11.3 Å². The predicted molar refractivity (Wildman–Crippen MR) is 98.6 cm³/mol. The number of amides is 1. The Morgan fingerprint density at radius 1 is 1.24 bits per heavy atom.